The summed E-state index contributed by atoms with van der Waals surface area (Å²) >= 11 is 0.674. The molecule has 0 spiro atoms. The monoisotopic (exact) mass is 435 g/mol. The van der Waals surface area contributed by atoms with Crippen molar-refractivity contribution in [3.05, 3.63) is 78.1 Å². The van der Waals surface area contributed by atoms with Gasteiger partial charge in [0.15, 0.2) is 11.0 Å². The fourth-order valence-electron chi connectivity index (χ4n) is 2.62. The van der Waals surface area contributed by atoms with E-state index in [-0.39, 0.29) is 21.8 Å². The lowest BCUT2D eigenvalue weighted by Gasteiger charge is -2.11. The fourth-order valence-corrected chi connectivity index (χ4v) is 3.40. The van der Waals surface area contributed by atoms with E-state index < -0.39 is 23.5 Å². The van der Waals surface area contributed by atoms with Crippen LogP contribution in [-0.4, -0.2) is 24.7 Å². The summed E-state index contributed by atoms with van der Waals surface area (Å²) in [7, 11) is 0. The quantitative estimate of drug-likeness (QED) is 0.327. The summed E-state index contributed by atoms with van der Waals surface area (Å²) in [4.78, 5) is 7.30. The van der Waals surface area contributed by atoms with Crippen molar-refractivity contribution in [1.82, 2.24) is 24.7 Å². The maximum atomic E-state index is 14.5. The van der Waals surface area contributed by atoms with Gasteiger partial charge < -0.3 is 0 Å². The number of hydrogen-bond donors (Lipinski definition) is 0. The van der Waals surface area contributed by atoms with E-state index in [2.05, 4.69) is 20.2 Å². The van der Waals surface area contributed by atoms with Gasteiger partial charge in [-0.25, -0.2) is 18.7 Å². The summed E-state index contributed by atoms with van der Waals surface area (Å²) in [6, 6.07) is 12.3. The standard InChI is InChI=1S/C19H10F5N5S/c20-12-6-7-14(13(21)10-12)29-16(11-4-2-1-3-5-11)27-28-18(29)30-17-25-9-8-15(26-17)19(22,23)24/h1-10H. The Kier molecular flexibility index (Phi) is 5.20. The van der Waals surface area contributed by atoms with Crippen LogP contribution in [0.1, 0.15) is 5.69 Å². The molecule has 0 fully saturated rings. The maximum absolute atomic E-state index is 14.5. The van der Waals surface area contributed by atoms with Crippen molar-refractivity contribution < 1.29 is 22.0 Å². The number of nitrogens with zero attached hydrogens (tertiary/aromatic N) is 5. The molecule has 30 heavy (non-hydrogen) atoms. The molecule has 2 aromatic carbocycles. The van der Waals surface area contributed by atoms with Gasteiger partial charge in [0.2, 0.25) is 5.16 Å². The highest BCUT2D eigenvalue weighted by molar-refractivity contribution is 7.99. The largest absolute Gasteiger partial charge is 0.433 e. The fraction of sp³-hybridized carbons (Fsp3) is 0.0526. The molecule has 0 saturated heterocycles. The van der Waals surface area contributed by atoms with Crippen LogP contribution in [0.15, 0.2) is 71.1 Å². The van der Waals surface area contributed by atoms with Gasteiger partial charge in [-0.15, -0.1) is 10.2 Å². The van der Waals surface area contributed by atoms with Crippen LogP contribution in [0.3, 0.4) is 0 Å². The minimum absolute atomic E-state index is 0.0127. The van der Waals surface area contributed by atoms with Gasteiger partial charge in [-0.1, -0.05) is 30.3 Å². The van der Waals surface area contributed by atoms with Crippen molar-refractivity contribution in [2.24, 2.45) is 0 Å². The van der Waals surface area contributed by atoms with Gasteiger partial charge >= 0.3 is 6.18 Å². The molecule has 11 heteroatoms. The second-order valence-electron chi connectivity index (χ2n) is 5.93. The van der Waals surface area contributed by atoms with E-state index in [0.29, 0.717) is 23.4 Å². The second-order valence-corrected chi connectivity index (χ2v) is 6.86. The van der Waals surface area contributed by atoms with E-state index in [9.17, 15) is 22.0 Å². The first-order valence-electron chi connectivity index (χ1n) is 8.37. The first-order chi connectivity index (χ1) is 14.3. The lowest BCUT2D eigenvalue weighted by atomic mass is 10.2. The van der Waals surface area contributed by atoms with Gasteiger partial charge in [-0.05, 0) is 30.0 Å². The SMILES string of the molecule is Fc1ccc(-n2c(Sc3nccc(C(F)(F)F)n3)nnc2-c2ccccc2)c(F)c1. The summed E-state index contributed by atoms with van der Waals surface area (Å²) < 4.78 is 68.1. The smallest absolute Gasteiger partial charge is 0.267 e. The molecule has 5 nitrogen and oxygen atoms in total. The minimum atomic E-state index is -4.65. The zero-order valence-corrected chi connectivity index (χ0v) is 15.6. The van der Waals surface area contributed by atoms with Gasteiger partial charge in [0.1, 0.15) is 17.3 Å². The molecule has 0 bridgehead atoms. The molecule has 0 aliphatic rings. The molecule has 152 valence electrons. The molecule has 0 aliphatic heterocycles. The first-order valence-corrected chi connectivity index (χ1v) is 9.19. The van der Waals surface area contributed by atoms with Gasteiger partial charge in [0.05, 0.1) is 5.69 Å². The van der Waals surface area contributed by atoms with Gasteiger partial charge in [0, 0.05) is 17.8 Å². The molecule has 4 aromatic rings. The Bertz CT molecular complexity index is 1190. The van der Waals surface area contributed by atoms with Crippen LogP contribution in [0, 0.1) is 11.6 Å². The second kappa shape index (κ2) is 7.82. The summed E-state index contributed by atoms with van der Waals surface area (Å²) in [6.07, 6.45) is -3.68. The van der Waals surface area contributed by atoms with Crippen molar-refractivity contribution in [2.45, 2.75) is 16.5 Å². The molecular formula is C19H10F5N5S. The lowest BCUT2D eigenvalue weighted by Crippen LogP contribution is -2.09. The topological polar surface area (TPSA) is 56.5 Å². The summed E-state index contributed by atoms with van der Waals surface area (Å²) in [5.74, 6) is -1.45. The number of alkyl halides is 3. The van der Waals surface area contributed by atoms with Crippen LogP contribution in [-0.2, 0) is 6.18 Å². The lowest BCUT2D eigenvalue weighted by molar-refractivity contribution is -0.141. The van der Waals surface area contributed by atoms with Crippen LogP contribution < -0.4 is 0 Å². The van der Waals surface area contributed by atoms with E-state index in [1.165, 1.54) is 10.6 Å². The molecule has 0 aliphatic carbocycles. The predicted molar refractivity (Wildman–Crippen MR) is 97.9 cm³/mol. The van der Waals surface area contributed by atoms with Crippen LogP contribution in [0.4, 0.5) is 22.0 Å². The Labute approximate surface area is 170 Å². The summed E-state index contributed by atoms with van der Waals surface area (Å²) in [6.45, 7) is 0. The van der Waals surface area contributed by atoms with Crippen molar-refractivity contribution in [3.8, 4) is 17.1 Å². The Morgan fingerprint density at radius 1 is 0.900 bits per heavy atom. The van der Waals surface area contributed by atoms with Crippen molar-refractivity contribution in [2.75, 3.05) is 0 Å². The Balaban J connectivity index is 1.84. The van der Waals surface area contributed by atoms with Crippen molar-refractivity contribution in [3.63, 3.8) is 0 Å². The third-order valence-corrected chi connectivity index (χ3v) is 4.75. The highest BCUT2D eigenvalue weighted by atomic mass is 32.2. The zero-order valence-electron chi connectivity index (χ0n) is 14.8. The Morgan fingerprint density at radius 3 is 2.37 bits per heavy atom. The third-order valence-electron chi connectivity index (χ3n) is 3.92. The molecule has 0 amide bonds. The van der Waals surface area contributed by atoms with Gasteiger partial charge in [0.25, 0.3) is 0 Å². The molecule has 0 saturated carbocycles. The first kappa shape index (κ1) is 20.0. The van der Waals surface area contributed by atoms with Crippen molar-refractivity contribution >= 4 is 11.8 Å². The number of aromatic nitrogens is 5. The molecular weight excluding hydrogens is 425 g/mol. The van der Waals surface area contributed by atoms with E-state index in [1.807, 2.05) is 0 Å². The molecule has 2 heterocycles. The molecule has 0 N–H and O–H groups in total. The Morgan fingerprint density at radius 2 is 1.67 bits per heavy atom. The summed E-state index contributed by atoms with van der Waals surface area (Å²) in [5.41, 5.74) is -0.623. The van der Waals surface area contributed by atoms with E-state index >= 15 is 0 Å². The molecule has 0 radical (unpaired) electrons. The number of hydrogen-bond acceptors (Lipinski definition) is 5. The highest BCUT2D eigenvalue weighted by Crippen LogP contribution is 2.33. The van der Waals surface area contributed by atoms with E-state index in [1.54, 1.807) is 30.3 Å². The van der Waals surface area contributed by atoms with E-state index in [0.717, 1.165) is 18.3 Å². The third kappa shape index (κ3) is 4.01. The minimum Gasteiger partial charge on any atom is -0.267 e. The van der Waals surface area contributed by atoms with Crippen LogP contribution in [0.2, 0.25) is 0 Å². The van der Waals surface area contributed by atoms with Gasteiger partial charge in [-0.2, -0.15) is 13.2 Å². The highest BCUT2D eigenvalue weighted by Gasteiger charge is 2.33. The molecule has 0 unspecified atom stereocenters. The van der Waals surface area contributed by atoms with E-state index in [4.69, 9.17) is 0 Å². The van der Waals surface area contributed by atoms with Gasteiger partial charge in [-0.3, -0.25) is 4.57 Å². The molecule has 4 rings (SSSR count). The maximum Gasteiger partial charge on any atom is 0.433 e. The molecule has 2 aromatic heterocycles. The molecule has 0 atom stereocenters. The number of benzene rings is 2. The predicted octanol–water partition coefficient (Wildman–Crippen LogP) is 5.17. The van der Waals surface area contributed by atoms with Crippen LogP contribution in [0.25, 0.3) is 17.1 Å². The number of rotatable bonds is 4. The van der Waals surface area contributed by atoms with Crippen LogP contribution in [0.5, 0.6) is 0 Å². The average Bonchev–Trinajstić information content (AvgIpc) is 3.11. The summed E-state index contributed by atoms with van der Waals surface area (Å²) in [5, 5.41) is 7.78. The van der Waals surface area contributed by atoms with Crippen LogP contribution >= 0.6 is 11.8 Å². The normalized spacial score (nSPS) is 11.6. The zero-order chi connectivity index (χ0) is 21.3. The average molecular weight is 435 g/mol. The number of halogens is 5. The Hall–Kier alpha value is -3.34. The van der Waals surface area contributed by atoms with Crippen molar-refractivity contribution in [1.29, 1.82) is 0 Å².